The average molecular weight is 298 g/mol. The zero-order chi connectivity index (χ0) is 13.8. The van der Waals surface area contributed by atoms with Gasteiger partial charge in [0.25, 0.3) is 0 Å². The second-order valence-corrected chi connectivity index (χ2v) is 6.29. The third kappa shape index (κ3) is 3.10. The predicted octanol–water partition coefficient (Wildman–Crippen LogP) is 1.41. The summed E-state index contributed by atoms with van der Waals surface area (Å²) in [5.41, 5.74) is 0. The highest BCUT2D eigenvalue weighted by atomic mass is 32.2. The maximum atomic E-state index is 5.77. The number of hydrogen-bond acceptors (Lipinski definition) is 6. The van der Waals surface area contributed by atoms with Crippen molar-refractivity contribution in [1.82, 2.24) is 14.8 Å². The second-order valence-electron chi connectivity index (χ2n) is 5.06. The monoisotopic (exact) mass is 298 g/mol. The van der Waals surface area contributed by atoms with Crippen LogP contribution in [-0.2, 0) is 16.0 Å². The summed E-state index contributed by atoms with van der Waals surface area (Å²) in [6.07, 6.45) is 2.61. The minimum absolute atomic E-state index is 0.307. The molecular formula is C13H22N4O2S. The van der Waals surface area contributed by atoms with Gasteiger partial charge in [0.15, 0.2) is 5.16 Å². The lowest BCUT2D eigenvalue weighted by atomic mass is 10.2. The zero-order valence-electron chi connectivity index (χ0n) is 12.0. The van der Waals surface area contributed by atoms with Crippen molar-refractivity contribution in [1.29, 1.82) is 0 Å². The van der Waals surface area contributed by atoms with Crippen LogP contribution >= 0.6 is 11.8 Å². The Morgan fingerprint density at radius 3 is 2.80 bits per heavy atom. The Morgan fingerprint density at radius 2 is 2.10 bits per heavy atom. The van der Waals surface area contributed by atoms with E-state index in [1.165, 1.54) is 0 Å². The van der Waals surface area contributed by atoms with Crippen molar-refractivity contribution in [2.24, 2.45) is 0 Å². The van der Waals surface area contributed by atoms with E-state index in [1.54, 1.807) is 11.8 Å². The molecule has 112 valence electrons. The first kappa shape index (κ1) is 14.2. The molecule has 2 fully saturated rings. The predicted molar refractivity (Wildman–Crippen MR) is 78.4 cm³/mol. The molecule has 1 aromatic rings. The van der Waals surface area contributed by atoms with Crippen molar-refractivity contribution in [3.63, 3.8) is 0 Å². The second kappa shape index (κ2) is 6.78. The standard InChI is InChI=1S/C13H22N4O2S/c1-2-20-13-15-14-12(16-5-8-18-9-6-16)17(13)10-11-4-3-7-19-11/h11H,2-10H2,1H3/t11-/m0/s1. The zero-order valence-corrected chi connectivity index (χ0v) is 12.8. The van der Waals surface area contributed by atoms with E-state index in [1.807, 2.05) is 0 Å². The van der Waals surface area contributed by atoms with Gasteiger partial charge in [-0.2, -0.15) is 0 Å². The Bertz CT molecular complexity index is 428. The Kier molecular flexibility index (Phi) is 4.80. The largest absolute Gasteiger partial charge is 0.378 e. The van der Waals surface area contributed by atoms with Gasteiger partial charge in [-0.25, -0.2) is 0 Å². The Hall–Kier alpha value is -0.790. The van der Waals surface area contributed by atoms with E-state index >= 15 is 0 Å². The summed E-state index contributed by atoms with van der Waals surface area (Å²) in [4.78, 5) is 2.27. The quantitative estimate of drug-likeness (QED) is 0.766. The molecule has 2 aliphatic rings. The first-order valence-corrected chi connectivity index (χ1v) is 8.37. The van der Waals surface area contributed by atoms with Crippen molar-refractivity contribution >= 4 is 17.7 Å². The molecule has 0 N–H and O–H groups in total. The van der Waals surface area contributed by atoms with Gasteiger partial charge in [-0.05, 0) is 18.6 Å². The molecule has 20 heavy (non-hydrogen) atoms. The molecule has 1 aromatic heterocycles. The molecule has 2 aliphatic heterocycles. The summed E-state index contributed by atoms with van der Waals surface area (Å²) in [6, 6.07) is 0. The van der Waals surface area contributed by atoms with Crippen molar-refractivity contribution < 1.29 is 9.47 Å². The van der Waals surface area contributed by atoms with Gasteiger partial charge in [-0.3, -0.25) is 4.57 Å². The van der Waals surface area contributed by atoms with Gasteiger partial charge in [0, 0.05) is 19.7 Å². The van der Waals surface area contributed by atoms with Crippen molar-refractivity contribution in [3.8, 4) is 0 Å². The Labute approximate surface area is 123 Å². The lowest BCUT2D eigenvalue weighted by Crippen LogP contribution is -2.38. The Balaban J connectivity index is 1.80. The summed E-state index contributed by atoms with van der Waals surface area (Å²) in [5.74, 6) is 1.98. The third-order valence-corrected chi connectivity index (χ3v) is 4.52. The van der Waals surface area contributed by atoms with Crippen molar-refractivity contribution in [3.05, 3.63) is 0 Å². The lowest BCUT2D eigenvalue weighted by Gasteiger charge is -2.28. The van der Waals surface area contributed by atoms with E-state index in [4.69, 9.17) is 9.47 Å². The van der Waals surface area contributed by atoms with Gasteiger partial charge in [0.05, 0.1) is 25.9 Å². The van der Waals surface area contributed by atoms with Crippen LogP contribution in [0.2, 0.25) is 0 Å². The number of rotatable bonds is 5. The van der Waals surface area contributed by atoms with Crippen molar-refractivity contribution in [2.75, 3.05) is 43.6 Å². The summed E-state index contributed by atoms with van der Waals surface area (Å²) in [6.45, 7) is 7.20. The molecule has 6 nitrogen and oxygen atoms in total. The van der Waals surface area contributed by atoms with Gasteiger partial charge in [-0.1, -0.05) is 18.7 Å². The fourth-order valence-electron chi connectivity index (χ4n) is 2.67. The van der Waals surface area contributed by atoms with E-state index < -0.39 is 0 Å². The molecular weight excluding hydrogens is 276 g/mol. The van der Waals surface area contributed by atoms with Crippen LogP contribution in [0.15, 0.2) is 5.16 Å². The molecule has 1 atom stereocenters. The number of nitrogens with zero attached hydrogens (tertiary/aromatic N) is 4. The molecule has 2 saturated heterocycles. The van der Waals surface area contributed by atoms with Gasteiger partial charge < -0.3 is 14.4 Å². The van der Waals surface area contributed by atoms with Crippen LogP contribution in [0.5, 0.6) is 0 Å². The molecule has 7 heteroatoms. The number of aromatic nitrogens is 3. The number of thioether (sulfide) groups is 1. The van der Waals surface area contributed by atoms with Crippen LogP contribution in [0.3, 0.4) is 0 Å². The lowest BCUT2D eigenvalue weighted by molar-refractivity contribution is 0.0942. The molecule has 0 saturated carbocycles. The molecule has 0 bridgehead atoms. The van der Waals surface area contributed by atoms with Crippen LogP contribution in [-0.4, -0.2) is 59.5 Å². The molecule has 3 heterocycles. The van der Waals surface area contributed by atoms with Crippen LogP contribution in [0.25, 0.3) is 0 Å². The fourth-order valence-corrected chi connectivity index (χ4v) is 3.33. The van der Waals surface area contributed by atoms with E-state index in [0.29, 0.717) is 6.10 Å². The van der Waals surface area contributed by atoms with Gasteiger partial charge in [0.1, 0.15) is 0 Å². The molecule has 0 spiro atoms. The summed E-state index contributed by atoms with van der Waals surface area (Å²) < 4.78 is 13.4. The fraction of sp³-hybridized carbons (Fsp3) is 0.846. The minimum Gasteiger partial charge on any atom is -0.378 e. The summed E-state index contributed by atoms with van der Waals surface area (Å²) in [7, 11) is 0. The van der Waals surface area contributed by atoms with E-state index in [-0.39, 0.29) is 0 Å². The minimum atomic E-state index is 0.307. The number of anilines is 1. The van der Waals surface area contributed by atoms with Crippen molar-refractivity contribution in [2.45, 2.75) is 37.6 Å². The first-order chi connectivity index (χ1) is 9.88. The van der Waals surface area contributed by atoms with Crippen LogP contribution in [0.4, 0.5) is 5.95 Å². The third-order valence-electron chi connectivity index (χ3n) is 3.67. The summed E-state index contributed by atoms with van der Waals surface area (Å²) in [5, 5.41) is 9.77. The molecule has 0 amide bonds. The Morgan fingerprint density at radius 1 is 1.25 bits per heavy atom. The highest BCUT2D eigenvalue weighted by Crippen LogP contribution is 2.25. The molecule has 3 rings (SSSR count). The van der Waals surface area contributed by atoms with Gasteiger partial charge in [0.2, 0.25) is 5.95 Å². The number of ether oxygens (including phenoxy) is 2. The molecule has 0 unspecified atom stereocenters. The summed E-state index contributed by atoms with van der Waals surface area (Å²) >= 11 is 1.75. The van der Waals surface area contributed by atoms with Crippen LogP contribution in [0.1, 0.15) is 19.8 Å². The SMILES string of the molecule is CCSc1nnc(N2CCOCC2)n1C[C@@H]1CCCO1. The molecule has 0 radical (unpaired) electrons. The van der Waals surface area contributed by atoms with E-state index in [0.717, 1.165) is 69.2 Å². The topological polar surface area (TPSA) is 52.4 Å². The maximum absolute atomic E-state index is 5.77. The number of hydrogen-bond donors (Lipinski definition) is 0. The van der Waals surface area contributed by atoms with Gasteiger partial charge >= 0.3 is 0 Å². The molecule has 0 aromatic carbocycles. The first-order valence-electron chi connectivity index (χ1n) is 7.38. The van der Waals surface area contributed by atoms with E-state index in [9.17, 15) is 0 Å². The molecule has 0 aliphatic carbocycles. The van der Waals surface area contributed by atoms with E-state index in [2.05, 4.69) is 26.6 Å². The van der Waals surface area contributed by atoms with Crippen LogP contribution < -0.4 is 4.90 Å². The maximum Gasteiger partial charge on any atom is 0.228 e. The highest BCUT2D eigenvalue weighted by Gasteiger charge is 2.24. The smallest absolute Gasteiger partial charge is 0.228 e. The highest BCUT2D eigenvalue weighted by molar-refractivity contribution is 7.99. The normalized spacial score (nSPS) is 23.4. The number of morpholine rings is 1. The average Bonchev–Trinajstić information content (AvgIpc) is 3.12. The van der Waals surface area contributed by atoms with Gasteiger partial charge in [-0.15, -0.1) is 10.2 Å². The van der Waals surface area contributed by atoms with Crippen LogP contribution in [0, 0.1) is 0 Å².